The maximum absolute atomic E-state index is 10.8. The Hall–Kier alpha value is -2.75. The van der Waals surface area contributed by atoms with Gasteiger partial charge in [-0.15, -0.1) is 0 Å². The van der Waals surface area contributed by atoms with Crippen molar-refractivity contribution in [2.45, 2.75) is 0 Å². The van der Waals surface area contributed by atoms with Crippen molar-refractivity contribution in [3.63, 3.8) is 0 Å². The number of nitrogens with zero attached hydrogens (tertiary/aromatic N) is 4. The van der Waals surface area contributed by atoms with Crippen LogP contribution in [0.3, 0.4) is 0 Å². The molecule has 0 aliphatic rings. The number of rotatable bonds is 3. The first kappa shape index (κ1) is 10.8. The van der Waals surface area contributed by atoms with Crippen LogP contribution in [0.15, 0.2) is 16.8 Å². The number of hydrogen-bond donors (Lipinski definition) is 0. The predicted octanol–water partition coefficient (Wildman–Crippen LogP) is 0.824. The normalized spacial score (nSPS) is 9.65. The number of pyridine rings is 1. The molecule has 0 aromatic carbocycles. The van der Waals surface area contributed by atoms with E-state index in [1.807, 2.05) is 6.07 Å². The monoisotopic (exact) mass is 230 g/mol. The molecule has 2 aromatic heterocycles. The molecule has 7 heteroatoms. The molecular formula is C10H6N4O3. The third-order valence-electron chi connectivity index (χ3n) is 2.05. The van der Waals surface area contributed by atoms with Gasteiger partial charge in [-0.25, -0.2) is 9.61 Å². The van der Waals surface area contributed by atoms with Gasteiger partial charge in [0.05, 0.1) is 18.4 Å². The van der Waals surface area contributed by atoms with Gasteiger partial charge < -0.3 is 4.74 Å². The van der Waals surface area contributed by atoms with E-state index in [-0.39, 0.29) is 22.8 Å². The van der Waals surface area contributed by atoms with Gasteiger partial charge in [-0.2, -0.15) is 5.26 Å². The summed E-state index contributed by atoms with van der Waals surface area (Å²) in [5.41, 5.74) is 0.860. The molecule has 0 saturated heterocycles. The van der Waals surface area contributed by atoms with Crippen molar-refractivity contribution in [3.8, 4) is 23.3 Å². The summed E-state index contributed by atoms with van der Waals surface area (Å²) in [6.45, 7) is 0. The Morgan fingerprint density at radius 1 is 1.47 bits per heavy atom. The summed E-state index contributed by atoms with van der Waals surface area (Å²) in [6, 6.07) is 4.87. The van der Waals surface area contributed by atoms with Crippen molar-refractivity contribution in [1.29, 1.82) is 5.26 Å². The summed E-state index contributed by atoms with van der Waals surface area (Å²) in [7, 11) is 1.41. The quantitative estimate of drug-likeness (QED) is 0.719. The molecule has 0 amide bonds. The maximum Gasteiger partial charge on any atom is 0.285 e. The first-order valence-electron chi connectivity index (χ1n) is 4.53. The molecular weight excluding hydrogens is 224 g/mol. The molecule has 0 spiro atoms. The Bertz CT molecular complexity index is 600. The Kier molecular flexibility index (Phi) is 2.79. The molecule has 0 aliphatic heterocycles. The van der Waals surface area contributed by atoms with E-state index in [2.05, 4.69) is 19.9 Å². The van der Waals surface area contributed by atoms with Crippen molar-refractivity contribution in [1.82, 2.24) is 15.3 Å². The average Bonchev–Trinajstić information content (AvgIpc) is 2.86. The highest BCUT2D eigenvalue weighted by Crippen LogP contribution is 2.24. The predicted molar refractivity (Wildman–Crippen MR) is 54.2 cm³/mol. The van der Waals surface area contributed by atoms with Crippen LogP contribution in [0.4, 0.5) is 0 Å². The van der Waals surface area contributed by atoms with Gasteiger partial charge in [0, 0.05) is 0 Å². The van der Waals surface area contributed by atoms with Gasteiger partial charge in [0.1, 0.15) is 11.8 Å². The lowest BCUT2D eigenvalue weighted by Gasteiger charge is -1.99. The van der Waals surface area contributed by atoms with Crippen LogP contribution < -0.4 is 4.74 Å². The minimum absolute atomic E-state index is 0.0371. The lowest BCUT2D eigenvalue weighted by molar-refractivity contribution is 0.111. The Balaban J connectivity index is 2.55. The average molecular weight is 230 g/mol. The fraction of sp³-hybridized carbons (Fsp3) is 0.100. The van der Waals surface area contributed by atoms with Gasteiger partial charge in [-0.3, -0.25) is 4.79 Å². The highest BCUT2D eigenvalue weighted by molar-refractivity contribution is 5.78. The molecule has 0 unspecified atom stereocenters. The Morgan fingerprint density at radius 3 is 2.94 bits per heavy atom. The highest BCUT2D eigenvalue weighted by atomic mass is 16.6. The highest BCUT2D eigenvalue weighted by Gasteiger charge is 2.15. The summed E-state index contributed by atoms with van der Waals surface area (Å²) in [5.74, 6) is 0.166. The zero-order valence-electron chi connectivity index (χ0n) is 8.75. The largest absolute Gasteiger partial charge is 0.477 e. The third-order valence-corrected chi connectivity index (χ3v) is 2.05. The number of hydrogen-bond acceptors (Lipinski definition) is 7. The summed E-state index contributed by atoms with van der Waals surface area (Å²) in [4.78, 5) is 14.7. The lowest BCUT2D eigenvalue weighted by atomic mass is 10.2. The summed E-state index contributed by atoms with van der Waals surface area (Å²) >= 11 is 0. The number of methoxy groups -OCH3 is 1. The standard InChI is InChI=1S/C10H6N4O3/c1-16-10-9(13-17-14-10)7-3-2-6(4-11)8(5-15)12-7/h2-3,5H,1H3. The van der Waals surface area contributed by atoms with Crippen LogP contribution in [-0.4, -0.2) is 28.7 Å². The zero-order valence-corrected chi connectivity index (χ0v) is 8.75. The summed E-state index contributed by atoms with van der Waals surface area (Å²) in [5, 5.41) is 15.9. The number of nitriles is 1. The molecule has 17 heavy (non-hydrogen) atoms. The number of carbonyl (C=O) groups excluding carboxylic acids is 1. The molecule has 0 N–H and O–H groups in total. The van der Waals surface area contributed by atoms with Crippen molar-refractivity contribution in [2.24, 2.45) is 0 Å². The fourth-order valence-corrected chi connectivity index (χ4v) is 1.26. The minimum Gasteiger partial charge on any atom is -0.477 e. The molecule has 2 rings (SSSR count). The SMILES string of the molecule is COc1nonc1-c1ccc(C#N)c(C=O)n1. The molecule has 0 atom stereocenters. The van der Waals surface area contributed by atoms with Crippen LogP contribution in [0.1, 0.15) is 16.1 Å². The van der Waals surface area contributed by atoms with Crippen LogP contribution in [-0.2, 0) is 0 Å². The Labute approximate surface area is 95.6 Å². The van der Waals surface area contributed by atoms with Crippen molar-refractivity contribution in [3.05, 3.63) is 23.4 Å². The van der Waals surface area contributed by atoms with E-state index in [4.69, 9.17) is 10.00 Å². The van der Waals surface area contributed by atoms with Gasteiger partial charge in [0.2, 0.25) is 0 Å². The molecule has 0 fully saturated rings. The molecule has 84 valence electrons. The number of aldehydes is 1. The van der Waals surface area contributed by atoms with Crippen LogP contribution in [0, 0.1) is 11.3 Å². The van der Waals surface area contributed by atoms with E-state index < -0.39 is 0 Å². The molecule has 0 bridgehead atoms. The van der Waals surface area contributed by atoms with E-state index in [1.54, 1.807) is 0 Å². The number of ether oxygens (including phenoxy) is 1. The van der Waals surface area contributed by atoms with Crippen LogP contribution in [0.2, 0.25) is 0 Å². The van der Waals surface area contributed by atoms with E-state index >= 15 is 0 Å². The lowest BCUT2D eigenvalue weighted by Crippen LogP contribution is -1.96. The maximum atomic E-state index is 10.8. The van der Waals surface area contributed by atoms with Crippen LogP contribution >= 0.6 is 0 Å². The number of aromatic nitrogens is 3. The molecule has 0 radical (unpaired) electrons. The second-order valence-corrected chi connectivity index (χ2v) is 2.98. The molecule has 2 heterocycles. The van der Waals surface area contributed by atoms with Gasteiger partial charge in [-0.1, -0.05) is 0 Å². The van der Waals surface area contributed by atoms with Gasteiger partial charge in [0.15, 0.2) is 12.0 Å². The first-order valence-corrected chi connectivity index (χ1v) is 4.53. The van der Waals surface area contributed by atoms with E-state index in [1.165, 1.54) is 19.2 Å². The van der Waals surface area contributed by atoms with Gasteiger partial charge in [-0.05, 0) is 22.4 Å². The topological polar surface area (TPSA) is 102 Å². The molecule has 7 nitrogen and oxygen atoms in total. The van der Waals surface area contributed by atoms with E-state index in [0.717, 1.165) is 0 Å². The van der Waals surface area contributed by atoms with Crippen molar-refractivity contribution in [2.75, 3.05) is 7.11 Å². The van der Waals surface area contributed by atoms with Crippen LogP contribution in [0.25, 0.3) is 11.4 Å². The molecule has 0 aliphatic carbocycles. The van der Waals surface area contributed by atoms with E-state index in [0.29, 0.717) is 12.0 Å². The van der Waals surface area contributed by atoms with Crippen molar-refractivity contribution >= 4 is 6.29 Å². The number of carbonyl (C=O) groups is 1. The van der Waals surface area contributed by atoms with E-state index in [9.17, 15) is 4.79 Å². The molecule has 2 aromatic rings. The van der Waals surface area contributed by atoms with Crippen LogP contribution in [0.5, 0.6) is 5.88 Å². The Morgan fingerprint density at radius 2 is 2.29 bits per heavy atom. The second-order valence-electron chi connectivity index (χ2n) is 2.98. The second kappa shape index (κ2) is 4.40. The van der Waals surface area contributed by atoms with Gasteiger partial charge in [0.25, 0.3) is 5.88 Å². The molecule has 0 saturated carbocycles. The summed E-state index contributed by atoms with van der Waals surface area (Å²) in [6.07, 6.45) is 0.502. The summed E-state index contributed by atoms with van der Waals surface area (Å²) < 4.78 is 9.41. The third kappa shape index (κ3) is 1.83. The minimum atomic E-state index is 0.0371. The van der Waals surface area contributed by atoms with Gasteiger partial charge >= 0.3 is 0 Å². The smallest absolute Gasteiger partial charge is 0.285 e. The van der Waals surface area contributed by atoms with Crippen molar-refractivity contribution < 1.29 is 14.2 Å². The zero-order chi connectivity index (χ0) is 12.3. The fourth-order valence-electron chi connectivity index (χ4n) is 1.26. The first-order chi connectivity index (χ1) is 8.30.